The van der Waals surface area contributed by atoms with Crippen LogP contribution in [0.5, 0.6) is 0 Å². The number of fused-ring (bicyclic) bond motifs is 1. The maximum Gasteiger partial charge on any atom is 0.258 e. The van der Waals surface area contributed by atoms with Gasteiger partial charge in [0.25, 0.3) is 5.91 Å². The van der Waals surface area contributed by atoms with Crippen LogP contribution >= 0.6 is 0 Å². The van der Waals surface area contributed by atoms with Crippen LogP contribution in [0.3, 0.4) is 0 Å². The summed E-state index contributed by atoms with van der Waals surface area (Å²) in [5, 5.41) is 2.54. The Bertz CT molecular complexity index is 1180. The molecule has 4 rings (SSSR count). The second-order valence-electron chi connectivity index (χ2n) is 6.25. The zero-order chi connectivity index (χ0) is 19.8. The topological polar surface area (TPSA) is 46.9 Å². The van der Waals surface area contributed by atoms with Crippen molar-refractivity contribution in [3.8, 4) is 5.69 Å². The molecule has 0 saturated carbocycles. The molecule has 4 nitrogen and oxygen atoms in total. The standard InChI is InChI=1S/C21H14F3N3O/c1-12-25-19-11-18(24)17(21(28)26-15-6-2-13(22)3-7-15)10-20(19)27(12)16-8-4-14(23)5-9-16/h2-11H,1H3,(H,26,28). The first kappa shape index (κ1) is 17.8. The van der Waals surface area contributed by atoms with Crippen LogP contribution in [0.15, 0.2) is 60.7 Å². The van der Waals surface area contributed by atoms with Crippen LogP contribution in [-0.4, -0.2) is 15.5 Å². The first-order valence-electron chi connectivity index (χ1n) is 8.44. The van der Waals surface area contributed by atoms with Gasteiger partial charge in [-0.1, -0.05) is 0 Å². The fourth-order valence-electron chi connectivity index (χ4n) is 3.04. The van der Waals surface area contributed by atoms with Crippen molar-refractivity contribution in [1.29, 1.82) is 0 Å². The molecule has 0 saturated heterocycles. The van der Waals surface area contributed by atoms with Crippen molar-refractivity contribution in [2.45, 2.75) is 6.92 Å². The van der Waals surface area contributed by atoms with Gasteiger partial charge in [0.05, 0.1) is 16.6 Å². The molecule has 1 N–H and O–H groups in total. The van der Waals surface area contributed by atoms with E-state index in [4.69, 9.17) is 0 Å². The van der Waals surface area contributed by atoms with Gasteiger partial charge in [-0.05, 0) is 61.5 Å². The van der Waals surface area contributed by atoms with Gasteiger partial charge in [-0.25, -0.2) is 18.2 Å². The Kier molecular flexibility index (Phi) is 4.35. The van der Waals surface area contributed by atoms with Crippen molar-refractivity contribution >= 4 is 22.6 Å². The lowest BCUT2D eigenvalue weighted by Crippen LogP contribution is -2.14. The van der Waals surface area contributed by atoms with Gasteiger partial charge in [-0.15, -0.1) is 0 Å². The molecule has 0 fully saturated rings. The van der Waals surface area contributed by atoms with Crippen molar-refractivity contribution in [1.82, 2.24) is 9.55 Å². The number of aryl methyl sites for hydroxylation is 1. The minimum absolute atomic E-state index is 0.180. The van der Waals surface area contributed by atoms with E-state index in [0.29, 0.717) is 28.2 Å². The first-order chi connectivity index (χ1) is 13.4. The quantitative estimate of drug-likeness (QED) is 0.543. The van der Waals surface area contributed by atoms with E-state index in [9.17, 15) is 18.0 Å². The third kappa shape index (κ3) is 3.22. The van der Waals surface area contributed by atoms with Crippen LogP contribution < -0.4 is 5.32 Å². The largest absolute Gasteiger partial charge is 0.322 e. The van der Waals surface area contributed by atoms with E-state index in [2.05, 4.69) is 10.3 Å². The summed E-state index contributed by atoms with van der Waals surface area (Å²) >= 11 is 0. The van der Waals surface area contributed by atoms with E-state index in [1.807, 2.05) is 0 Å². The second-order valence-corrected chi connectivity index (χ2v) is 6.25. The van der Waals surface area contributed by atoms with Crippen LogP contribution in [0.1, 0.15) is 16.2 Å². The van der Waals surface area contributed by atoms with Gasteiger partial charge in [0.1, 0.15) is 23.3 Å². The molecule has 1 amide bonds. The van der Waals surface area contributed by atoms with Gasteiger partial charge in [0, 0.05) is 17.4 Å². The van der Waals surface area contributed by atoms with Crippen LogP contribution in [-0.2, 0) is 0 Å². The lowest BCUT2D eigenvalue weighted by molar-refractivity contribution is 0.102. The molecule has 1 aromatic heterocycles. The number of imidazole rings is 1. The summed E-state index contributed by atoms with van der Waals surface area (Å²) in [6.07, 6.45) is 0. The molecule has 140 valence electrons. The third-order valence-corrected chi connectivity index (χ3v) is 4.34. The molecule has 0 radical (unpaired) electrons. The Hall–Kier alpha value is -3.61. The lowest BCUT2D eigenvalue weighted by atomic mass is 10.1. The maximum atomic E-state index is 14.5. The Morgan fingerprint density at radius 3 is 2.18 bits per heavy atom. The number of nitrogens with one attached hydrogen (secondary N) is 1. The second kappa shape index (κ2) is 6.84. The van der Waals surface area contributed by atoms with E-state index < -0.39 is 17.5 Å². The normalized spacial score (nSPS) is 11.0. The number of amides is 1. The molecule has 28 heavy (non-hydrogen) atoms. The average molecular weight is 381 g/mol. The van der Waals surface area contributed by atoms with E-state index >= 15 is 0 Å². The van der Waals surface area contributed by atoms with Gasteiger partial charge in [0.2, 0.25) is 0 Å². The van der Waals surface area contributed by atoms with Crippen LogP contribution in [0.2, 0.25) is 0 Å². The van der Waals surface area contributed by atoms with Crippen molar-refractivity contribution in [2.75, 3.05) is 5.32 Å². The number of hydrogen-bond acceptors (Lipinski definition) is 2. The highest BCUT2D eigenvalue weighted by Gasteiger charge is 2.18. The SMILES string of the molecule is Cc1nc2cc(F)c(C(=O)Nc3ccc(F)cc3)cc2n1-c1ccc(F)cc1. The molecule has 0 aliphatic carbocycles. The Morgan fingerprint density at radius 1 is 0.929 bits per heavy atom. The highest BCUT2D eigenvalue weighted by molar-refractivity contribution is 6.06. The summed E-state index contributed by atoms with van der Waals surface area (Å²) in [6, 6.07) is 13.5. The van der Waals surface area contributed by atoms with Crippen molar-refractivity contribution in [3.05, 3.63) is 89.5 Å². The van der Waals surface area contributed by atoms with Crippen molar-refractivity contribution < 1.29 is 18.0 Å². The van der Waals surface area contributed by atoms with Gasteiger partial charge in [-0.2, -0.15) is 0 Å². The summed E-state index contributed by atoms with van der Waals surface area (Å²) in [5.41, 5.74) is 1.68. The average Bonchev–Trinajstić information content (AvgIpc) is 2.98. The first-order valence-corrected chi connectivity index (χ1v) is 8.44. The number of carbonyl (C=O) groups is 1. The highest BCUT2D eigenvalue weighted by Crippen LogP contribution is 2.25. The number of carbonyl (C=O) groups excluding carboxylic acids is 1. The molecule has 0 atom stereocenters. The minimum atomic E-state index is -0.726. The molecule has 0 bridgehead atoms. The van der Waals surface area contributed by atoms with Crippen LogP contribution in [0.4, 0.5) is 18.9 Å². The lowest BCUT2D eigenvalue weighted by Gasteiger charge is -2.09. The van der Waals surface area contributed by atoms with Crippen molar-refractivity contribution in [2.24, 2.45) is 0 Å². The monoisotopic (exact) mass is 381 g/mol. The number of halogens is 3. The fourth-order valence-corrected chi connectivity index (χ4v) is 3.04. The third-order valence-electron chi connectivity index (χ3n) is 4.34. The Balaban J connectivity index is 1.78. The van der Waals surface area contributed by atoms with E-state index in [1.54, 1.807) is 23.6 Å². The number of rotatable bonds is 3. The van der Waals surface area contributed by atoms with Crippen LogP contribution in [0.25, 0.3) is 16.7 Å². The minimum Gasteiger partial charge on any atom is -0.322 e. The van der Waals surface area contributed by atoms with Gasteiger partial charge in [0.15, 0.2) is 0 Å². The molecule has 1 heterocycles. The summed E-state index contributed by atoms with van der Waals surface area (Å²) in [6.45, 7) is 1.74. The maximum absolute atomic E-state index is 14.5. The summed E-state index contributed by atoms with van der Waals surface area (Å²) in [5.74, 6) is -1.65. The molecule has 0 aliphatic heterocycles. The van der Waals surface area contributed by atoms with Gasteiger partial charge in [-0.3, -0.25) is 9.36 Å². The zero-order valence-corrected chi connectivity index (χ0v) is 14.7. The number of aromatic nitrogens is 2. The zero-order valence-electron chi connectivity index (χ0n) is 14.7. The fraction of sp³-hybridized carbons (Fsp3) is 0.0476. The van der Waals surface area contributed by atoms with Crippen molar-refractivity contribution in [3.63, 3.8) is 0 Å². The number of nitrogens with zero attached hydrogens (tertiary/aromatic N) is 2. The number of hydrogen-bond donors (Lipinski definition) is 1. The summed E-state index contributed by atoms with van der Waals surface area (Å²) in [4.78, 5) is 16.9. The predicted molar refractivity (Wildman–Crippen MR) is 100 cm³/mol. The molecule has 3 aromatic carbocycles. The highest BCUT2D eigenvalue weighted by atomic mass is 19.1. The Labute approximate surface area is 158 Å². The molecular formula is C21H14F3N3O. The molecule has 0 aliphatic rings. The molecule has 0 unspecified atom stereocenters. The predicted octanol–water partition coefficient (Wildman–Crippen LogP) is 5.00. The summed E-state index contributed by atoms with van der Waals surface area (Å²) < 4.78 is 42.5. The molecular weight excluding hydrogens is 367 g/mol. The van der Waals surface area contributed by atoms with E-state index in [-0.39, 0.29) is 11.4 Å². The smallest absolute Gasteiger partial charge is 0.258 e. The number of anilines is 1. The Morgan fingerprint density at radius 2 is 1.54 bits per heavy atom. The molecule has 7 heteroatoms. The van der Waals surface area contributed by atoms with Gasteiger partial charge < -0.3 is 5.32 Å². The molecule has 4 aromatic rings. The summed E-state index contributed by atoms with van der Waals surface area (Å²) in [7, 11) is 0. The number of benzene rings is 3. The van der Waals surface area contributed by atoms with E-state index in [0.717, 1.165) is 0 Å². The molecule has 0 spiro atoms. The van der Waals surface area contributed by atoms with E-state index in [1.165, 1.54) is 48.5 Å². The van der Waals surface area contributed by atoms with Gasteiger partial charge >= 0.3 is 0 Å². The van der Waals surface area contributed by atoms with Crippen LogP contribution in [0, 0.1) is 24.4 Å².